The maximum absolute atomic E-state index is 12.2. The van der Waals surface area contributed by atoms with Gasteiger partial charge < -0.3 is 14.8 Å². The fourth-order valence-corrected chi connectivity index (χ4v) is 3.29. The Morgan fingerprint density at radius 1 is 1.14 bits per heavy atom. The van der Waals surface area contributed by atoms with Gasteiger partial charge in [-0.2, -0.15) is 0 Å². The van der Waals surface area contributed by atoms with Crippen molar-refractivity contribution in [2.45, 2.75) is 20.0 Å². The van der Waals surface area contributed by atoms with Crippen LogP contribution in [0.4, 0.5) is 5.69 Å². The maximum Gasteiger partial charge on any atom is 0.338 e. The number of amides is 1. The standard InChI is InChI=1S/C21H20N2O4S/c1-14-6-3-4-9-18(14)23-19(24)11-20-22-16(13-28-20)12-27-21(25)15-7-5-8-17(10-15)26-2/h3-10,13H,11-12H2,1-2H3,(H,23,24). The number of carbonyl (C=O) groups is 2. The van der Waals surface area contributed by atoms with E-state index in [9.17, 15) is 9.59 Å². The number of benzene rings is 2. The van der Waals surface area contributed by atoms with Crippen LogP contribution in [0.5, 0.6) is 5.75 Å². The van der Waals surface area contributed by atoms with Gasteiger partial charge in [0.05, 0.1) is 24.8 Å². The van der Waals surface area contributed by atoms with Crippen LogP contribution in [0.25, 0.3) is 0 Å². The zero-order valence-corrected chi connectivity index (χ0v) is 16.4. The number of aromatic nitrogens is 1. The Hall–Kier alpha value is -3.19. The predicted molar refractivity (Wildman–Crippen MR) is 108 cm³/mol. The highest BCUT2D eigenvalue weighted by Gasteiger charge is 2.12. The van der Waals surface area contributed by atoms with Crippen LogP contribution in [-0.2, 0) is 22.6 Å². The summed E-state index contributed by atoms with van der Waals surface area (Å²) in [6.45, 7) is 1.99. The van der Waals surface area contributed by atoms with Crippen molar-refractivity contribution in [2.75, 3.05) is 12.4 Å². The molecule has 0 aliphatic carbocycles. The van der Waals surface area contributed by atoms with Gasteiger partial charge in [-0.05, 0) is 36.8 Å². The van der Waals surface area contributed by atoms with Crippen LogP contribution in [-0.4, -0.2) is 24.0 Å². The van der Waals surface area contributed by atoms with E-state index < -0.39 is 5.97 Å². The molecule has 0 saturated heterocycles. The van der Waals surface area contributed by atoms with Gasteiger partial charge in [-0.3, -0.25) is 4.79 Å². The first-order valence-corrected chi connectivity index (χ1v) is 9.53. The van der Waals surface area contributed by atoms with Crippen molar-refractivity contribution < 1.29 is 19.1 Å². The molecule has 3 aromatic rings. The van der Waals surface area contributed by atoms with Crippen LogP contribution in [0.3, 0.4) is 0 Å². The topological polar surface area (TPSA) is 77.5 Å². The SMILES string of the molecule is COc1cccc(C(=O)OCc2csc(CC(=O)Nc3ccccc3C)n2)c1. The molecule has 0 spiro atoms. The van der Waals surface area contributed by atoms with E-state index >= 15 is 0 Å². The Labute approximate surface area is 167 Å². The monoisotopic (exact) mass is 396 g/mol. The molecule has 7 heteroatoms. The van der Waals surface area contributed by atoms with Gasteiger partial charge in [0.15, 0.2) is 0 Å². The van der Waals surface area contributed by atoms with Crippen LogP contribution in [0.1, 0.15) is 26.6 Å². The maximum atomic E-state index is 12.2. The molecule has 1 heterocycles. The summed E-state index contributed by atoms with van der Waals surface area (Å²) in [7, 11) is 1.54. The first-order chi connectivity index (χ1) is 13.5. The van der Waals surface area contributed by atoms with Crippen LogP contribution < -0.4 is 10.1 Å². The molecule has 2 aromatic carbocycles. The minimum absolute atomic E-state index is 0.0476. The fraction of sp³-hybridized carbons (Fsp3) is 0.190. The number of carbonyl (C=O) groups excluding carboxylic acids is 2. The van der Waals surface area contributed by atoms with Gasteiger partial charge >= 0.3 is 5.97 Å². The van der Waals surface area contributed by atoms with E-state index in [1.165, 1.54) is 18.4 Å². The number of methoxy groups -OCH3 is 1. The Morgan fingerprint density at radius 2 is 1.96 bits per heavy atom. The lowest BCUT2D eigenvalue weighted by Crippen LogP contribution is -2.15. The third-order valence-corrected chi connectivity index (χ3v) is 4.88. The molecular formula is C21H20N2O4S. The summed E-state index contributed by atoms with van der Waals surface area (Å²) in [6, 6.07) is 14.4. The molecular weight excluding hydrogens is 376 g/mol. The number of aryl methyl sites for hydroxylation is 1. The van der Waals surface area contributed by atoms with E-state index in [1.807, 2.05) is 31.2 Å². The highest BCUT2D eigenvalue weighted by atomic mass is 32.1. The minimum Gasteiger partial charge on any atom is -0.497 e. The number of hydrogen-bond donors (Lipinski definition) is 1. The summed E-state index contributed by atoms with van der Waals surface area (Å²) < 4.78 is 10.4. The summed E-state index contributed by atoms with van der Waals surface area (Å²) in [5.74, 6) is -0.000573. The van der Waals surface area contributed by atoms with Crippen molar-refractivity contribution in [3.63, 3.8) is 0 Å². The van der Waals surface area contributed by atoms with Crippen molar-refractivity contribution >= 4 is 28.9 Å². The minimum atomic E-state index is -0.453. The Kier molecular flexibility index (Phi) is 6.39. The third kappa shape index (κ3) is 5.17. The molecule has 1 amide bonds. The van der Waals surface area contributed by atoms with Gasteiger partial charge in [0.1, 0.15) is 17.4 Å². The lowest BCUT2D eigenvalue weighted by Gasteiger charge is -2.06. The van der Waals surface area contributed by atoms with Gasteiger partial charge in [-0.1, -0.05) is 24.3 Å². The van der Waals surface area contributed by atoms with Crippen molar-refractivity contribution in [1.82, 2.24) is 4.98 Å². The number of para-hydroxylation sites is 1. The van der Waals surface area contributed by atoms with E-state index in [2.05, 4.69) is 10.3 Å². The van der Waals surface area contributed by atoms with Crippen molar-refractivity contribution in [3.8, 4) is 5.75 Å². The molecule has 0 radical (unpaired) electrons. The number of ether oxygens (including phenoxy) is 2. The molecule has 0 bridgehead atoms. The average Bonchev–Trinajstić information content (AvgIpc) is 3.15. The molecule has 144 valence electrons. The largest absolute Gasteiger partial charge is 0.497 e. The number of thiazole rings is 1. The zero-order valence-electron chi connectivity index (χ0n) is 15.6. The number of nitrogens with one attached hydrogen (secondary N) is 1. The lowest BCUT2D eigenvalue weighted by molar-refractivity contribution is -0.115. The molecule has 0 fully saturated rings. The van der Waals surface area contributed by atoms with Gasteiger partial charge in [0.2, 0.25) is 5.91 Å². The average molecular weight is 396 g/mol. The summed E-state index contributed by atoms with van der Waals surface area (Å²) in [6.07, 6.45) is 0.169. The van der Waals surface area contributed by atoms with E-state index in [-0.39, 0.29) is 18.9 Å². The second-order valence-electron chi connectivity index (χ2n) is 6.08. The molecule has 1 aromatic heterocycles. The highest BCUT2D eigenvalue weighted by molar-refractivity contribution is 7.09. The van der Waals surface area contributed by atoms with Crippen LogP contribution in [0.2, 0.25) is 0 Å². The summed E-state index contributed by atoms with van der Waals surface area (Å²) in [5, 5.41) is 5.33. The molecule has 6 nitrogen and oxygen atoms in total. The van der Waals surface area contributed by atoms with Gasteiger partial charge in [-0.25, -0.2) is 9.78 Å². The molecule has 0 saturated carbocycles. The number of anilines is 1. The third-order valence-electron chi connectivity index (χ3n) is 3.99. The molecule has 0 aliphatic rings. The number of hydrogen-bond acceptors (Lipinski definition) is 6. The molecule has 3 rings (SSSR count). The van der Waals surface area contributed by atoms with Crippen LogP contribution >= 0.6 is 11.3 Å². The van der Waals surface area contributed by atoms with E-state index in [0.717, 1.165) is 11.3 Å². The molecule has 0 unspecified atom stereocenters. The van der Waals surface area contributed by atoms with E-state index in [4.69, 9.17) is 9.47 Å². The van der Waals surface area contributed by atoms with Crippen LogP contribution in [0, 0.1) is 6.92 Å². The second-order valence-corrected chi connectivity index (χ2v) is 7.02. The smallest absolute Gasteiger partial charge is 0.338 e. The number of rotatable bonds is 7. The summed E-state index contributed by atoms with van der Waals surface area (Å²) >= 11 is 1.36. The Balaban J connectivity index is 1.53. The Morgan fingerprint density at radius 3 is 2.75 bits per heavy atom. The molecule has 0 atom stereocenters. The zero-order chi connectivity index (χ0) is 19.9. The summed E-state index contributed by atoms with van der Waals surface area (Å²) in [4.78, 5) is 28.7. The quantitative estimate of drug-likeness (QED) is 0.611. The van der Waals surface area contributed by atoms with Gasteiger partial charge in [0, 0.05) is 11.1 Å². The summed E-state index contributed by atoms with van der Waals surface area (Å²) in [5.41, 5.74) is 2.81. The highest BCUT2D eigenvalue weighted by Crippen LogP contribution is 2.17. The van der Waals surface area contributed by atoms with Crippen molar-refractivity contribution in [1.29, 1.82) is 0 Å². The van der Waals surface area contributed by atoms with E-state index in [0.29, 0.717) is 22.0 Å². The lowest BCUT2D eigenvalue weighted by atomic mass is 10.2. The first-order valence-electron chi connectivity index (χ1n) is 8.65. The first kappa shape index (κ1) is 19.6. The fourth-order valence-electron chi connectivity index (χ4n) is 2.51. The van der Waals surface area contributed by atoms with E-state index in [1.54, 1.807) is 29.6 Å². The Bertz CT molecular complexity index is 984. The normalized spacial score (nSPS) is 10.4. The predicted octanol–water partition coefficient (Wildman–Crippen LogP) is 4.00. The number of esters is 1. The number of nitrogens with zero attached hydrogens (tertiary/aromatic N) is 1. The molecule has 28 heavy (non-hydrogen) atoms. The van der Waals surface area contributed by atoms with Gasteiger partial charge in [-0.15, -0.1) is 11.3 Å². The molecule has 0 aliphatic heterocycles. The van der Waals surface area contributed by atoms with Crippen molar-refractivity contribution in [2.24, 2.45) is 0 Å². The van der Waals surface area contributed by atoms with Crippen LogP contribution in [0.15, 0.2) is 53.9 Å². The second kappa shape index (κ2) is 9.14. The van der Waals surface area contributed by atoms with Gasteiger partial charge in [0.25, 0.3) is 0 Å². The molecule has 1 N–H and O–H groups in total. The van der Waals surface area contributed by atoms with Crippen molar-refractivity contribution in [3.05, 3.63) is 75.7 Å².